The van der Waals surface area contributed by atoms with Gasteiger partial charge in [0.2, 0.25) is 0 Å². The first-order chi connectivity index (χ1) is 7.85. The van der Waals surface area contributed by atoms with E-state index in [1.54, 1.807) is 12.1 Å². The van der Waals surface area contributed by atoms with E-state index in [-0.39, 0.29) is 17.1 Å². The van der Waals surface area contributed by atoms with Crippen LogP contribution in [0.5, 0.6) is 0 Å². The van der Waals surface area contributed by atoms with Crippen LogP contribution in [-0.2, 0) is 20.9 Å². The first-order valence-electron chi connectivity index (χ1n) is 4.66. The highest BCUT2D eigenvalue weighted by molar-refractivity contribution is 7.85. The summed E-state index contributed by atoms with van der Waals surface area (Å²) < 4.78 is 39.7. The lowest BCUT2D eigenvalue weighted by atomic mass is 10.2. The first kappa shape index (κ1) is 12.3. The van der Waals surface area contributed by atoms with E-state index in [1.807, 2.05) is 0 Å². The molecule has 0 radical (unpaired) electrons. The van der Waals surface area contributed by atoms with Crippen molar-refractivity contribution < 1.29 is 17.0 Å². The number of halogens is 2. The fourth-order valence-corrected chi connectivity index (χ4v) is 2.03. The van der Waals surface area contributed by atoms with Gasteiger partial charge in [0.15, 0.2) is 0 Å². The third kappa shape index (κ3) is 2.96. The van der Waals surface area contributed by atoms with Gasteiger partial charge in [-0.05, 0) is 18.2 Å². The van der Waals surface area contributed by atoms with Crippen molar-refractivity contribution in [3.63, 3.8) is 0 Å². The number of rotatable bonds is 3. The number of hydrogen-bond donors (Lipinski definition) is 1. The Bertz CT molecular complexity index is 665. The van der Waals surface area contributed by atoms with E-state index < -0.39 is 15.9 Å². The zero-order valence-corrected chi connectivity index (χ0v) is 10.4. The maximum atomic E-state index is 13.5. The van der Waals surface area contributed by atoms with Gasteiger partial charge in [0.1, 0.15) is 12.4 Å². The van der Waals surface area contributed by atoms with E-state index in [4.69, 9.17) is 11.6 Å². The fraction of sp³-hybridized carbons (Fsp3) is 0.200. The lowest BCUT2D eigenvalue weighted by Gasteiger charge is -1.97. The standard InChI is InChI=1S/C10H9ClFNO3S/c1-17(14,15)16-5-8-3-6-2-7(11)4-9(12)10(6)13-8/h2-4,13H,5H2,1H3. The predicted molar refractivity (Wildman–Crippen MR) is 62.9 cm³/mol. The largest absolute Gasteiger partial charge is 0.354 e. The number of aromatic nitrogens is 1. The summed E-state index contributed by atoms with van der Waals surface area (Å²) in [5, 5.41) is 0.853. The second-order valence-corrected chi connectivity index (χ2v) is 5.69. The lowest BCUT2D eigenvalue weighted by Crippen LogP contribution is -2.02. The summed E-state index contributed by atoms with van der Waals surface area (Å²) in [4.78, 5) is 2.74. The number of aromatic amines is 1. The monoisotopic (exact) mass is 277 g/mol. The van der Waals surface area contributed by atoms with Gasteiger partial charge in [0, 0.05) is 16.1 Å². The summed E-state index contributed by atoms with van der Waals surface area (Å²) in [5.74, 6) is -0.488. The summed E-state index contributed by atoms with van der Waals surface area (Å²) >= 11 is 5.70. The van der Waals surface area contributed by atoms with Crippen molar-refractivity contribution in [3.05, 3.63) is 34.7 Å². The van der Waals surface area contributed by atoms with Gasteiger partial charge < -0.3 is 4.98 Å². The number of benzene rings is 1. The van der Waals surface area contributed by atoms with Gasteiger partial charge in [-0.15, -0.1) is 0 Å². The maximum absolute atomic E-state index is 13.5. The van der Waals surface area contributed by atoms with Crippen LogP contribution in [0.1, 0.15) is 5.69 Å². The van der Waals surface area contributed by atoms with E-state index in [9.17, 15) is 12.8 Å². The van der Waals surface area contributed by atoms with E-state index in [1.165, 1.54) is 6.07 Å². The van der Waals surface area contributed by atoms with Crippen molar-refractivity contribution in [1.29, 1.82) is 0 Å². The van der Waals surface area contributed by atoms with Gasteiger partial charge in [-0.3, -0.25) is 4.18 Å². The highest BCUT2D eigenvalue weighted by Crippen LogP contribution is 2.23. The van der Waals surface area contributed by atoms with Crippen LogP contribution in [0.25, 0.3) is 10.9 Å². The quantitative estimate of drug-likeness (QED) is 0.877. The summed E-state index contributed by atoms with van der Waals surface area (Å²) in [6, 6.07) is 4.36. The normalized spacial score (nSPS) is 12.2. The second kappa shape index (κ2) is 4.29. The summed E-state index contributed by atoms with van der Waals surface area (Å²) in [7, 11) is -3.52. The highest BCUT2D eigenvalue weighted by Gasteiger charge is 2.09. The van der Waals surface area contributed by atoms with Crippen LogP contribution in [0.15, 0.2) is 18.2 Å². The molecule has 17 heavy (non-hydrogen) atoms. The van der Waals surface area contributed by atoms with Crippen molar-refractivity contribution in [3.8, 4) is 0 Å². The van der Waals surface area contributed by atoms with Crippen LogP contribution in [0.2, 0.25) is 5.02 Å². The molecule has 2 aromatic rings. The average molecular weight is 278 g/mol. The second-order valence-electron chi connectivity index (χ2n) is 3.61. The Balaban J connectivity index is 2.35. The van der Waals surface area contributed by atoms with E-state index in [0.717, 1.165) is 6.26 Å². The Morgan fingerprint density at radius 3 is 2.76 bits per heavy atom. The van der Waals surface area contributed by atoms with Gasteiger partial charge in [-0.1, -0.05) is 11.6 Å². The van der Waals surface area contributed by atoms with Crippen LogP contribution in [0, 0.1) is 5.82 Å². The molecule has 1 aromatic heterocycles. The summed E-state index contributed by atoms with van der Waals surface area (Å²) in [6.07, 6.45) is 0.951. The molecule has 4 nitrogen and oxygen atoms in total. The zero-order chi connectivity index (χ0) is 12.6. The minimum atomic E-state index is -3.52. The number of hydrogen-bond acceptors (Lipinski definition) is 3. The molecule has 0 saturated heterocycles. The maximum Gasteiger partial charge on any atom is 0.264 e. The minimum absolute atomic E-state index is 0.162. The molecule has 0 atom stereocenters. The molecule has 0 unspecified atom stereocenters. The van der Waals surface area contributed by atoms with Crippen LogP contribution in [0.4, 0.5) is 4.39 Å². The molecule has 0 spiro atoms. The molecular weight excluding hydrogens is 269 g/mol. The lowest BCUT2D eigenvalue weighted by molar-refractivity contribution is 0.308. The third-order valence-electron chi connectivity index (χ3n) is 2.13. The topological polar surface area (TPSA) is 59.2 Å². The van der Waals surface area contributed by atoms with Crippen LogP contribution < -0.4 is 0 Å². The SMILES string of the molecule is CS(=O)(=O)OCc1cc2cc(Cl)cc(F)c2[nH]1. The molecule has 1 aromatic carbocycles. The molecule has 0 bridgehead atoms. The number of H-pyrrole nitrogens is 1. The molecule has 0 amide bonds. The molecule has 2 rings (SSSR count). The number of nitrogens with one attached hydrogen (secondary N) is 1. The minimum Gasteiger partial charge on any atom is -0.354 e. The predicted octanol–water partition coefficient (Wildman–Crippen LogP) is 2.44. The van der Waals surface area contributed by atoms with E-state index >= 15 is 0 Å². The van der Waals surface area contributed by atoms with Crippen LogP contribution >= 0.6 is 11.6 Å². The van der Waals surface area contributed by atoms with Crippen LogP contribution in [-0.4, -0.2) is 19.7 Å². The molecule has 0 fully saturated rings. The van der Waals surface area contributed by atoms with Gasteiger partial charge in [0.25, 0.3) is 10.1 Å². The average Bonchev–Trinajstić information content (AvgIpc) is 2.56. The molecule has 7 heteroatoms. The van der Waals surface area contributed by atoms with Crippen molar-refractivity contribution in [2.24, 2.45) is 0 Å². The van der Waals surface area contributed by atoms with Crippen molar-refractivity contribution in [1.82, 2.24) is 4.98 Å². The molecule has 1 N–H and O–H groups in total. The molecule has 0 aliphatic carbocycles. The molecule has 1 heterocycles. The van der Waals surface area contributed by atoms with Gasteiger partial charge in [-0.25, -0.2) is 4.39 Å². The molecule has 0 aliphatic rings. The third-order valence-corrected chi connectivity index (χ3v) is 2.89. The molecule has 0 aliphatic heterocycles. The van der Waals surface area contributed by atoms with E-state index in [0.29, 0.717) is 11.1 Å². The van der Waals surface area contributed by atoms with Gasteiger partial charge in [-0.2, -0.15) is 8.42 Å². The summed E-state index contributed by atoms with van der Waals surface area (Å²) in [6.45, 7) is -0.162. The Kier molecular flexibility index (Phi) is 3.11. The Hall–Kier alpha value is -1.11. The van der Waals surface area contributed by atoms with E-state index in [2.05, 4.69) is 9.17 Å². The van der Waals surface area contributed by atoms with Gasteiger partial charge in [0.05, 0.1) is 11.8 Å². The zero-order valence-electron chi connectivity index (χ0n) is 8.83. The summed E-state index contributed by atoms with van der Waals surface area (Å²) in [5.41, 5.74) is 0.744. The smallest absolute Gasteiger partial charge is 0.264 e. The fourth-order valence-electron chi connectivity index (χ4n) is 1.47. The van der Waals surface area contributed by atoms with Crippen molar-refractivity contribution in [2.75, 3.05) is 6.26 Å². The first-order valence-corrected chi connectivity index (χ1v) is 6.85. The van der Waals surface area contributed by atoms with Gasteiger partial charge >= 0.3 is 0 Å². The van der Waals surface area contributed by atoms with Crippen molar-refractivity contribution in [2.45, 2.75) is 6.61 Å². The molecular formula is C10H9ClFNO3S. The molecule has 92 valence electrons. The van der Waals surface area contributed by atoms with Crippen LogP contribution in [0.3, 0.4) is 0 Å². The van der Waals surface area contributed by atoms with Crippen molar-refractivity contribution >= 4 is 32.6 Å². The Morgan fingerprint density at radius 1 is 1.41 bits per heavy atom. The molecule has 0 saturated carbocycles. The highest BCUT2D eigenvalue weighted by atomic mass is 35.5. The number of fused-ring (bicyclic) bond motifs is 1. The Labute approximate surface area is 102 Å². The Morgan fingerprint density at radius 2 is 2.12 bits per heavy atom.